The summed E-state index contributed by atoms with van der Waals surface area (Å²) < 4.78 is 5.58. The minimum absolute atomic E-state index is 0.0353. The Morgan fingerprint density at radius 1 is 0.825 bits per heavy atom. The minimum Gasteiger partial charge on any atom is -0.449 e. The number of hydrogen-bond acceptors (Lipinski definition) is 8. The van der Waals surface area contributed by atoms with Gasteiger partial charge in [-0.2, -0.15) is 0 Å². The Hall–Kier alpha value is -5.38. The van der Waals surface area contributed by atoms with Gasteiger partial charge in [-0.05, 0) is 40.5 Å². The van der Waals surface area contributed by atoms with E-state index in [-0.39, 0.29) is 30.1 Å². The lowest BCUT2D eigenvalue weighted by atomic mass is 9.98. The predicted octanol–water partition coefficient (Wildman–Crippen LogP) is 3.68. The van der Waals surface area contributed by atoms with Gasteiger partial charge in [0.2, 0.25) is 0 Å². The van der Waals surface area contributed by atoms with Gasteiger partial charge in [0.25, 0.3) is 11.8 Å². The largest absolute Gasteiger partial charge is 0.449 e. The third kappa shape index (κ3) is 4.55. The van der Waals surface area contributed by atoms with Gasteiger partial charge in [-0.25, -0.2) is 19.6 Å². The van der Waals surface area contributed by atoms with Crippen LogP contribution in [-0.4, -0.2) is 51.6 Å². The van der Waals surface area contributed by atoms with Crippen LogP contribution >= 0.6 is 0 Å². The third-order valence-electron chi connectivity index (χ3n) is 6.91. The van der Waals surface area contributed by atoms with Gasteiger partial charge in [-0.15, -0.1) is 0 Å². The van der Waals surface area contributed by atoms with E-state index in [1.807, 2.05) is 48.5 Å². The number of hydroxylamine groups is 2. The summed E-state index contributed by atoms with van der Waals surface area (Å²) in [5, 5.41) is 2.92. The predicted molar refractivity (Wildman–Crippen MR) is 141 cm³/mol. The lowest BCUT2D eigenvalue weighted by molar-refractivity contribution is -0.171. The number of aromatic nitrogens is 2. The molecule has 0 radical (unpaired) electrons. The second-order valence-electron chi connectivity index (χ2n) is 9.29. The molecule has 1 aromatic heterocycles. The number of ether oxygens (including phenoxy) is 1. The van der Waals surface area contributed by atoms with E-state index in [4.69, 9.17) is 9.57 Å². The number of imide groups is 1. The third-order valence-corrected chi connectivity index (χ3v) is 6.91. The minimum atomic E-state index is -1.31. The highest BCUT2D eigenvalue weighted by molar-refractivity contribution is 6.21. The number of amides is 3. The molecule has 0 saturated heterocycles. The zero-order chi connectivity index (χ0) is 27.6. The fourth-order valence-electron chi connectivity index (χ4n) is 5.03. The molecule has 1 N–H and O–H groups in total. The molecular weight excluding hydrogens is 512 g/mol. The molecule has 10 nitrogen and oxygen atoms in total. The van der Waals surface area contributed by atoms with Crippen LogP contribution in [0.4, 0.5) is 4.79 Å². The zero-order valence-electron chi connectivity index (χ0n) is 21.0. The fraction of sp³-hybridized carbons (Fsp3) is 0.133. The van der Waals surface area contributed by atoms with Gasteiger partial charge in [-0.1, -0.05) is 65.7 Å². The van der Waals surface area contributed by atoms with Crippen molar-refractivity contribution in [3.63, 3.8) is 0 Å². The Kier molecular flexibility index (Phi) is 6.49. The molecule has 10 heteroatoms. The Bertz CT molecular complexity index is 1560. The highest BCUT2D eigenvalue weighted by atomic mass is 16.7. The molecule has 0 bridgehead atoms. The highest BCUT2D eigenvalue weighted by Gasteiger charge is 2.40. The van der Waals surface area contributed by atoms with Gasteiger partial charge >= 0.3 is 12.1 Å². The van der Waals surface area contributed by atoms with E-state index in [1.54, 1.807) is 18.2 Å². The molecule has 1 atom stereocenters. The van der Waals surface area contributed by atoms with Crippen LogP contribution in [0.3, 0.4) is 0 Å². The Balaban J connectivity index is 1.17. The second-order valence-corrected chi connectivity index (χ2v) is 9.29. The Labute approximate surface area is 228 Å². The maximum atomic E-state index is 13.2. The van der Waals surface area contributed by atoms with E-state index >= 15 is 0 Å². The second kappa shape index (κ2) is 10.4. The van der Waals surface area contributed by atoms with Crippen LogP contribution in [0, 0.1) is 0 Å². The molecule has 3 amide bonds. The molecule has 3 aromatic carbocycles. The molecule has 4 aromatic rings. The number of fused-ring (bicyclic) bond motifs is 4. The van der Waals surface area contributed by atoms with Crippen LogP contribution in [-0.2, 0) is 20.8 Å². The zero-order valence-corrected chi connectivity index (χ0v) is 21.0. The van der Waals surface area contributed by atoms with Crippen molar-refractivity contribution < 1.29 is 28.8 Å². The molecule has 1 aliphatic heterocycles. The first-order valence-corrected chi connectivity index (χ1v) is 12.6. The topological polar surface area (TPSA) is 128 Å². The van der Waals surface area contributed by atoms with Crippen molar-refractivity contribution in [3.8, 4) is 11.1 Å². The maximum Gasteiger partial charge on any atom is 0.407 e. The molecule has 40 heavy (non-hydrogen) atoms. The van der Waals surface area contributed by atoms with Crippen molar-refractivity contribution in [1.29, 1.82) is 0 Å². The molecule has 198 valence electrons. The van der Waals surface area contributed by atoms with E-state index in [1.165, 1.54) is 24.7 Å². The molecule has 1 unspecified atom stereocenters. The summed E-state index contributed by atoms with van der Waals surface area (Å²) >= 11 is 0. The number of rotatable bonds is 7. The summed E-state index contributed by atoms with van der Waals surface area (Å²) in [5.74, 6) is -2.74. The van der Waals surface area contributed by atoms with Crippen LogP contribution in [0.15, 0.2) is 91.4 Å². The van der Waals surface area contributed by atoms with E-state index in [0.29, 0.717) is 10.8 Å². The molecular formula is C30H22N4O6. The summed E-state index contributed by atoms with van der Waals surface area (Å²) in [6.07, 6.45) is 1.84. The summed E-state index contributed by atoms with van der Waals surface area (Å²) in [6.45, 7) is 0.0353. The van der Waals surface area contributed by atoms with Crippen molar-refractivity contribution in [2.24, 2.45) is 0 Å². The van der Waals surface area contributed by atoms with Crippen LogP contribution in [0.1, 0.15) is 43.5 Å². The number of nitrogens with one attached hydrogen (secondary N) is 1. The van der Waals surface area contributed by atoms with Crippen LogP contribution in [0.2, 0.25) is 0 Å². The normalized spacial score (nSPS) is 14.2. The van der Waals surface area contributed by atoms with Crippen LogP contribution in [0.25, 0.3) is 11.1 Å². The van der Waals surface area contributed by atoms with Crippen molar-refractivity contribution in [2.75, 3.05) is 6.61 Å². The van der Waals surface area contributed by atoms with Crippen molar-refractivity contribution in [1.82, 2.24) is 20.3 Å². The lowest BCUT2D eigenvalue weighted by Crippen LogP contribution is -2.47. The number of carbonyl (C=O) groups excluding carboxylic acids is 4. The summed E-state index contributed by atoms with van der Waals surface area (Å²) in [5.41, 5.74) is 4.92. The van der Waals surface area contributed by atoms with Crippen molar-refractivity contribution >= 4 is 23.9 Å². The van der Waals surface area contributed by atoms with Crippen LogP contribution in [0.5, 0.6) is 0 Å². The average molecular weight is 535 g/mol. The molecule has 0 saturated carbocycles. The van der Waals surface area contributed by atoms with Gasteiger partial charge < -0.3 is 14.9 Å². The van der Waals surface area contributed by atoms with Crippen molar-refractivity contribution in [2.45, 2.75) is 18.4 Å². The standard InChI is InChI=1S/C30H22N4O6/c35-27-23-11-5-6-12-24(23)28(36)34(27)40-29(37)26(15-18-13-14-31-17-32-18)33-30(38)39-16-25-21-9-3-1-7-19(21)20-8-2-4-10-22(20)25/h1-14,17,25-26H,15-16H2,(H,33,38). The average Bonchev–Trinajstić information content (AvgIpc) is 3.43. The first-order valence-electron chi connectivity index (χ1n) is 12.6. The molecule has 2 heterocycles. The number of nitrogens with zero attached hydrogens (tertiary/aromatic N) is 3. The smallest absolute Gasteiger partial charge is 0.407 e. The molecule has 0 fully saturated rings. The maximum absolute atomic E-state index is 13.2. The monoisotopic (exact) mass is 534 g/mol. The van der Waals surface area contributed by atoms with Crippen molar-refractivity contribution in [3.05, 3.63) is 119 Å². The van der Waals surface area contributed by atoms with Gasteiger partial charge in [0, 0.05) is 24.2 Å². The molecule has 0 spiro atoms. The van der Waals surface area contributed by atoms with E-state index in [2.05, 4.69) is 15.3 Å². The molecule has 1 aliphatic carbocycles. The SMILES string of the molecule is O=C(NC(Cc1ccncn1)C(=O)ON1C(=O)c2ccccc2C1=O)OCC1c2ccccc2-c2ccccc21. The number of alkyl carbamates (subject to hydrolysis) is 1. The summed E-state index contributed by atoms with van der Waals surface area (Å²) in [7, 11) is 0. The van der Waals surface area contributed by atoms with Gasteiger partial charge in [-0.3, -0.25) is 9.59 Å². The van der Waals surface area contributed by atoms with Gasteiger partial charge in [0.15, 0.2) is 0 Å². The number of carbonyl (C=O) groups is 4. The van der Waals surface area contributed by atoms with E-state index in [0.717, 1.165) is 22.3 Å². The van der Waals surface area contributed by atoms with Crippen LogP contribution < -0.4 is 5.32 Å². The van der Waals surface area contributed by atoms with Gasteiger partial charge in [0.1, 0.15) is 19.0 Å². The molecule has 2 aliphatic rings. The molecule has 6 rings (SSSR count). The highest BCUT2D eigenvalue weighted by Crippen LogP contribution is 2.44. The number of hydrogen-bond donors (Lipinski definition) is 1. The first kappa shape index (κ1) is 24.9. The number of benzene rings is 3. The lowest BCUT2D eigenvalue weighted by Gasteiger charge is -2.20. The van der Waals surface area contributed by atoms with E-state index in [9.17, 15) is 19.2 Å². The van der Waals surface area contributed by atoms with Gasteiger partial charge in [0.05, 0.1) is 11.1 Å². The first-order chi connectivity index (χ1) is 19.5. The Morgan fingerprint density at radius 2 is 1.40 bits per heavy atom. The quantitative estimate of drug-likeness (QED) is 0.356. The summed E-state index contributed by atoms with van der Waals surface area (Å²) in [4.78, 5) is 64.7. The van der Waals surface area contributed by atoms with E-state index < -0.39 is 29.9 Å². The Morgan fingerprint density at radius 3 is 1.98 bits per heavy atom. The summed E-state index contributed by atoms with van der Waals surface area (Å²) in [6, 6.07) is 22.3. The fourth-order valence-corrected chi connectivity index (χ4v) is 5.03.